The van der Waals surface area contributed by atoms with Crippen LogP contribution in [0.3, 0.4) is 0 Å². The maximum atomic E-state index is 12.7. The first kappa shape index (κ1) is 16.3. The molecule has 0 radical (unpaired) electrons. The molecule has 1 aliphatic rings. The second-order valence-corrected chi connectivity index (χ2v) is 5.98. The van der Waals surface area contributed by atoms with Crippen LogP contribution in [0.1, 0.15) is 38.4 Å². The van der Waals surface area contributed by atoms with Crippen LogP contribution < -0.4 is 5.32 Å². The molecule has 0 amide bonds. The quantitative estimate of drug-likeness (QED) is 0.904. The molecule has 1 fully saturated rings. The van der Waals surface area contributed by atoms with Gasteiger partial charge >= 0.3 is 6.18 Å². The van der Waals surface area contributed by atoms with Crippen LogP contribution in [0.5, 0.6) is 0 Å². The molecule has 21 heavy (non-hydrogen) atoms. The smallest absolute Gasteiger partial charge is 0.338 e. The van der Waals surface area contributed by atoms with Crippen molar-refractivity contribution >= 4 is 0 Å². The lowest BCUT2D eigenvalue weighted by molar-refractivity contribution is -0.184. The zero-order chi connectivity index (χ0) is 15.5. The maximum Gasteiger partial charge on any atom is 0.391 e. The summed E-state index contributed by atoms with van der Waals surface area (Å²) in [5.74, 6) is 0.184. The summed E-state index contributed by atoms with van der Waals surface area (Å²) >= 11 is 0. The van der Waals surface area contributed by atoms with Crippen LogP contribution in [0.4, 0.5) is 13.2 Å². The molecule has 1 heterocycles. The van der Waals surface area contributed by atoms with Gasteiger partial charge in [-0.15, -0.1) is 0 Å². The Hall–Kier alpha value is -1.04. The number of hydrogen-bond acceptors (Lipinski definition) is 2. The van der Waals surface area contributed by atoms with Crippen LogP contribution >= 0.6 is 0 Å². The number of hydrogen-bond donors (Lipinski definition) is 1. The molecule has 0 saturated heterocycles. The Morgan fingerprint density at radius 3 is 2.48 bits per heavy atom. The molecule has 1 saturated carbocycles. The van der Waals surface area contributed by atoms with Crippen molar-refractivity contribution in [2.45, 2.75) is 51.2 Å². The zero-order valence-electron chi connectivity index (χ0n) is 12.7. The highest BCUT2D eigenvalue weighted by Gasteiger charge is 2.42. The van der Waals surface area contributed by atoms with Gasteiger partial charge in [0, 0.05) is 31.9 Å². The fourth-order valence-corrected chi connectivity index (χ4v) is 3.31. The molecule has 0 aliphatic heterocycles. The average Bonchev–Trinajstić information content (AvgIpc) is 2.83. The highest BCUT2D eigenvalue weighted by molar-refractivity contribution is 4.97. The van der Waals surface area contributed by atoms with E-state index in [9.17, 15) is 13.2 Å². The van der Waals surface area contributed by atoms with E-state index in [1.807, 2.05) is 24.7 Å². The topological polar surface area (TPSA) is 29.9 Å². The molecule has 120 valence electrons. The minimum Gasteiger partial charge on any atom is -0.338 e. The van der Waals surface area contributed by atoms with Crippen molar-refractivity contribution in [3.8, 4) is 0 Å². The van der Waals surface area contributed by atoms with Crippen LogP contribution in [0, 0.1) is 11.8 Å². The lowest BCUT2D eigenvalue weighted by atomic mass is 9.77. The normalized spacial score (nSPS) is 25.0. The SMILES string of the molecule is CCNC(Cc1nccn1C)C1CCC(C(F)(F)F)CC1. The van der Waals surface area contributed by atoms with E-state index in [0.29, 0.717) is 18.8 Å². The summed E-state index contributed by atoms with van der Waals surface area (Å²) in [4.78, 5) is 4.33. The number of likely N-dealkylation sites (N-methyl/N-ethyl adjacent to an activating group) is 1. The van der Waals surface area contributed by atoms with Gasteiger partial charge in [0.15, 0.2) is 0 Å². The van der Waals surface area contributed by atoms with Crippen molar-refractivity contribution in [3.63, 3.8) is 0 Å². The molecule has 3 nitrogen and oxygen atoms in total. The Bertz CT molecular complexity index is 434. The van der Waals surface area contributed by atoms with Crippen LogP contribution in [0.25, 0.3) is 0 Å². The lowest BCUT2D eigenvalue weighted by Gasteiger charge is -2.35. The third kappa shape index (κ3) is 4.22. The predicted molar refractivity (Wildman–Crippen MR) is 75.9 cm³/mol. The van der Waals surface area contributed by atoms with Crippen molar-refractivity contribution in [2.24, 2.45) is 18.9 Å². The molecule has 1 aromatic rings. The Labute approximate surface area is 123 Å². The summed E-state index contributed by atoms with van der Waals surface area (Å²) in [5, 5.41) is 3.44. The average molecular weight is 303 g/mol. The van der Waals surface area contributed by atoms with E-state index in [0.717, 1.165) is 18.8 Å². The van der Waals surface area contributed by atoms with Gasteiger partial charge in [-0.1, -0.05) is 6.92 Å². The van der Waals surface area contributed by atoms with E-state index in [1.54, 1.807) is 6.20 Å². The summed E-state index contributed by atoms with van der Waals surface area (Å²) in [6, 6.07) is 0.213. The highest BCUT2D eigenvalue weighted by atomic mass is 19.4. The Balaban J connectivity index is 1.95. The molecule has 2 rings (SSSR count). The van der Waals surface area contributed by atoms with Gasteiger partial charge < -0.3 is 9.88 Å². The maximum absolute atomic E-state index is 12.7. The highest BCUT2D eigenvalue weighted by Crippen LogP contribution is 2.40. The number of nitrogens with zero attached hydrogens (tertiary/aromatic N) is 2. The van der Waals surface area contributed by atoms with Gasteiger partial charge in [-0.25, -0.2) is 4.98 Å². The van der Waals surface area contributed by atoms with Crippen molar-refractivity contribution in [3.05, 3.63) is 18.2 Å². The molecule has 1 N–H and O–H groups in total. The second kappa shape index (κ2) is 6.81. The molecule has 1 aromatic heterocycles. The van der Waals surface area contributed by atoms with Gasteiger partial charge in [-0.05, 0) is 38.1 Å². The number of aromatic nitrogens is 2. The summed E-state index contributed by atoms with van der Waals surface area (Å²) in [6.45, 7) is 2.86. The van der Waals surface area contributed by atoms with Gasteiger partial charge in [0.1, 0.15) is 5.82 Å². The van der Waals surface area contributed by atoms with Crippen LogP contribution in [-0.2, 0) is 13.5 Å². The standard InChI is InChI=1S/C15H24F3N3/c1-3-19-13(10-14-20-8-9-21(14)2)11-4-6-12(7-5-11)15(16,17)18/h8-9,11-13,19H,3-7,10H2,1-2H3. The summed E-state index contributed by atoms with van der Waals surface area (Å²) in [7, 11) is 1.95. The van der Waals surface area contributed by atoms with Gasteiger partial charge in [0.25, 0.3) is 0 Å². The first-order valence-corrected chi connectivity index (χ1v) is 7.68. The molecule has 1 atom stereocenters. The zero-order valence-corrected chi connectivity index (χ0v) is 12.7. The summed E-state index contributed by atoms with van der Waals surface area (Å²) in [5.41, 5.74) is 0. The van der Waals surface area contributed by atoms with E-state index in [-0.39, 0.29) is 18.9 Å². The van der Waals surface area contributed by atoms with Crippen LogP contribution in [0.2, 0.25) is 0 Å². The number of nitrogens with one attached hydrogen (secondary N) is 1. The molecular weight excluding hydrogens is 279 g/mol. The first-order chi connectivity index (χ1) is 9.91. The van der Waals surface area contributed by atoms with Crippen LogP contribution in [-0.4, -0.2) is 28.3 Å². The van der Waals surface area contributed by atoms with E-state index in [4.69, 9.17) is 0 Å². The van der Waals surface area contributed by atoms with E-state index >= 15 is 0 Å². The molecule has 0 aromatic carbocycles. The van der Waals surface area contributed by atoms with Crippen LogP contribution in [0.15, 0.2) is 12.4 Å². The number of rotatable bonds is 5. The molecule has 6 heteroatoms. The Morgan fingerprint density at radius 2 is 2.00 bits per heavy atom. The number of halogens is 3. The Morgan fingerprint density at radius 1 is 1.33 bits per heavy atom. The number of imidazole rings is 1. The molecule has 0 bridgehead atoms. The third-order valence-corrected chi connectivity index (χ3v) is 4.59. The van der Waals surface area contributed by atoms with Crippen molar-refractivity contribution in [1.82, 2.24) is 14.9 Å². The van der Waals surface area contributed by atoms with Crippen molar-refractivity contribution < 1.29 is 13.2 Å². The fraction of sp³-hybridized carbons (Fsp3) is 0.800. The number of aryl methyl sites for hydroxylation is 1. The van der Waals surface area contributed by atoms with Crippen molar-refractivity contribution in [2.75, 3.05) is 6.54 Å². The van der Waals surface area contributed by atoms with E-state index in [2.05, 4.69) is 10.3 Å². The van der Waals surface area contributed by atoms with Gasteiger partial charge in [0.2, 0.25) is 0 Å². The third-order valence-electron chi connectivity index (χ3n) is 4.59. The predicted octanol–water partition coefficient (Wildman–Crippen LogP) is 3.31. The largest absolute Gasteiger partial charge is 0.391 e. The van der Waals surface area contributed by atoms with Gasteiger partial charge in [0.05, 0.1) is 5.92 Å². The van der Waals surface area contributed by atoms with Gasteiger partial charge in [-0.3, -0.25) is 0 Å². The molecule has 1 unspecified atom stereocenters. The Kier molecular flexibility index (Phi) is 5.30. The monoisotopic (exact) mass is 303 g/mol. The fourth-order valence-electron chi connectivity index (χ4n) is 3.31. The van der Waals surface area contributed by atoms with Crippen molar-refractivity contribution in [1.29, 1.82) is 0 Å². The first-order valence-electron chi connectivity index (χ1n) is 7.68. The lowest BCUT2D eigenvalue weighted by Crippen LogP contribution is -2.41. The molecule has 0 spiro atoms. The summed E-state index contributed by atoms with van der Waals surface area (Å²) in [6.07, 6.45) is 2.22. The summed E-state index contributed by atoms with van der Waals surface area (Å²) < 4.78 is 40.2. The minimum atomic E-state index is -4.03. The van der Waals surface area contributed by atoms with E-state index in [1.165, 1.54) is 0 Å². The van der Waals surface area contributed by atoms with Gasteiger partial charge in [-0.2, -0.15) is 13.2 Å². The van der Waals surface area contributed by atoms with E-state index < -0.39 is 12.1 Å². The molecule has 1 aliphatic carbocycles. The minimum absolute atomic E-state index is 0.213. The number of alkyl halides is 3. The second-order valence-electron chi connectivity index (χ2n) is 5.98. The molecular formula is C15H24F3N3.